The molecule has 3 rings (SSSR count). The molecule has 0 heterocycles. The molecule has 1 aliphatic rings. The van der Waals surface area contributed by atoms with Gasteiger partial charge >= 0.3 is 0 Å². The van der Waals surface area contributed by atoms with Crippen molar-refractivity contribution in [1.82, 2.24) is 0 Å². The van der Waals surface area contributed by atoms with Gasteiger partial charge in [0.15, 0.2) is 5.78 Å². The summed E-state index contributed by atoms with van der Waals surface area (Å²) in [5, 5.41) is 0. The summed E-state index contributed by atoms with van der Waals surface area (Å²) in [4.78, 5) is 17.6. The van der Waals surface area contributed by atoms with E-state index in [1.54, 1.807) is 0 Å². The van der Waals surface area contributed by atoms with Gasteiger partial charge in [-0.3, -0.25) is 4.79 Å². The molecule has 2 aromatic rings. The zero-order chi connectivity index (χ0) is 23.1. The zero-order valence-electron chi connectivity index (χ0n) is 20.4. The Morgan fingerprint density at radius 1 is 0.750 bits per heavy atom. The van der Waals surface area contributed by atoms with Crippen LogP contribution < -0.4 is 9.80 Å². The van der Waals surface area contributed by atoms with Crippen molar-refractivity contribution in [3.63, 3.8) is 0 Å². The summed E-state index contributed by atoms with van der Waals surface area (Å²) >= 11 is 0. The lowest BCUT2D eigenvalue weighted by Gasteiger charge is -2.25. The molecule has 2 aromatic carbocycles. The minimum Gasteiger partial charge on any atom is -0.372 e. The molecule has 0 spiro atoms. The molecule has 0 bridgehead atoms. The summed E-state index contributed by atoms with van der Waals surface area (Å²) in [7, 11) is 0. The molecule has 0 saturated heterocycles. The van der Waals surface area contributed by atoms with Crippen LogP contribution in [0.1, 0.15) is 58.6 Å². The lowest BCUT2D eigenvalue weighted by atomic mass is 9.79. The van der Waals surface area contributed by atoms with E-state index in [4.69, 9.17) is 0 Å². The minimum absolute atomic E-state index is 0.252. The predicted octanol–water partition coefficient (Wildman–Crippen LogP) is 6.85. The van der Waals surface area contributed by atoms with Gasteiger partial charge in [0.05, 0.1) is 0 Å². The summed E-state index contributed by atoms with van der Waals surface area (Å²) < 4.78 is 0. The maximum absolute atomic E-state index is 12.9. The standard InChI is InChI=1S/C29H38N2O/c1-6-30(7-2)25-15-11-23(12-16-25)20-27-22(5)10-19-29(32)28(27)21-24-13-17-26(18-14-24)31(8-3)9-4/h11-18,20-22H,6-10,19H2,1-5H3. The topological polar surface area (TPSA) is 23.6 Å². The van der Waals surface area contributed by atoms with Crippen molar-refractivity contribution >= 4 is 29.3 Å². The molecular formula is C29H38N2O. The fourth-order valence-corrected chi connectivity index (χ4v) is 4.53. The Morgan fingerprint density at radius 2 is 1.19 bits per heavy atom. The number of nitrogens with zero attached hydrogens (tertiary/aromatic N) is 2. The van der Waals surface area contributed by atoms with Crippen molar-refractivity contribution in [2.24, 2.45) is 5.92 Å². The highest BCUT2D eigenvalue weighted by Gasteiger charge is 2.25. The van der Waals surface area contributed by atoms with Gasteiger partial charge in [0.2, 0.25) is 0 Å². The van der Waals surface area contributed by atoms with Crippen molar-refractivity contribution in [3.05, 3.63) is 70.8 Å². The third kappa shape index (κ3) is 5.51. The largest absolute Gasteiger partial charge is 0.372 e. The van der Waals surface area contributed by atoms with E-state index in [0.29, 0.717) is 12.3 Å². The van der Waals surface area contributed by atoms with Crippen LogP contribution in [0.2, 0.25) is 0 Å². The predicted molar refractivity (Wildman–Crippen MR) is 139 cm³/mol. The highest BCUT2D eigenvalue weighted by atomic mass is 16.1. The molecule has 32 heavy (non-hydrogen) atoms. The Hall–Kier alpha value is -2.81. The second-order valence-corrected chi connectivity index (χ2v) is 8.55. The molecule has 3 heteroatoms. The van der Waals surface area contributed by atoms with Gasteiger partial charge in [-0.25, -0.2) is 0 Å². The van der Waals surface area contributed by atoms with E-state index < -0.39 is 0 Å². The van der Waals surface area contributed by atoms with Crippen LogP contribution in [0.25, 0.3) is 12.2 Å². The van der Waals surface area contributed by atoms with E-state index in [1.807, 2.05) is 0 Å². The molecule has 0 amide bonds. The van der Waals surface area contributed by atoms with E-state index in [-0.39, 0.29) is 5.78 Å². The summed E-state index contributed by atoms with van der Waals surface area (Å²) in [6.45, 7) is 14.9. The monoisotopic (exact) mass is 430 g/mol. The summed E-state index contributed by atoms with van der Waals surface area (Å²) in [5.74, 6) is 0.623. The van der Waals surface area contributed by atoms with Gasteiger partial charge in [0.25, 0.3) is 0 Å². The van der Waals surface area contributed by atoms with Crippen LogP contribution in [0, 0.1) is 5.92 Å². The number of benzene rings is 2. The normalized spacial score (nSPS) is 18.9. The SMILES string of the molecule is CCN(CC)c1ccc(C=C2C(=O)CCC(C)C2=Cc2ccc(N(CC)CC)cc2)cc1. The molecular weight excluding hydrogens is 392 g/mol. The number of Topliss-reactive ketones (excluding diaryl/α,β-unsaturated/α-hetero) is 1. The van der Waals surface area contributed by atoms with Crippen LogP contribution in [-0.2, 0) is 4.79 Å². The van der Waals surface area contributed by atoms with Crippen molar-refractivity contribution in [3.8, 4) is 0 Å². The summed E-state index contributed by atoms with van der Waals surface area (Å²) in [5.41, 5.74) is 6.73. The first-order chi connectivity index (χ1) is 15.5. The second kappa shape index (κ2) is 11.2. The van der Waals surface area contributed by atoms with Crippen LogP contribution >= 0.6 is 0 Å². The molecule has 3 nitrogen and oxygen atoms in total. The molecule has 0 N–H and O–H groups in total. The first-order valence-corrected chi connectivity index (χ1v) is 12.2. The molecule has 1 saturated carbocycles. The van der Waals surface area contributed by atoms with E-state index >= 15 is 0 Å². The Kier molecular flexibility index (Phi) is 8.33. The average Bonchev–Trinajstić information content (AvgIpc) is 2.82. The zero-order valence-corrected chi connectivity index (χ0v) is 20.4. The van der Waals surface area contributed by atoms with Gasteiger partial charge < -0.3 is 9.80 Å². The second-order valence-electron chi connectivity index (χ2n) is 8.55. The van der Waals surface area contributed by atoms with Crippen LogP contribution in [0.5, 0.6) is 0 Å². The highest BCUT2D eigenvalue weighted by Crippen LogP contribution is 2.34. The van der Waals surface area contributed by atoms with Crippen molar-refractivity contribution in [2.75, 3.05) is 36.0 Å². The Morgan fingerprint density at radius 3 is 1.62 bits per heavy atom. The molecule has 0 aliphatic heterocycles. The third-order valence-corrected chi connectivity index (χ3v) is 6.62. The molecule has 170 valence electrons. The highest BCUT2D eigenvalue weighted by molar-refractivity contribution is 6.06. The summed E-state index contributed by atoms with van der Waals surface area (Å²) in [6, 6.07) is 17.3. The molecule has 0 radical (unpaired) electrons. The lowest BCUT2D eigenvalue weighted by Crippen LogP contribution is -2.21. The average molecular weight is 431 g/mol. The van der Waals surface area contributed by atoms with Gasteiger partial charge in [0.1, 0.15) is 0 Å². The number of rotatable bonds is 8. The molecule has 1 fully saturated rings. The van der Waals surface area contributed by atoms with Crippen molar-refractivity contribution in [2.45, 2.75) is 47.5 Å². The lowest BCUT2D eigenvalue weighted by molar-refractivity contribution is -0.116. The fraction of sp³-hybridized carbons (Fsp3) is 0.414. The van der Waals surface area contributed by atoms with Crippen molar-refractivity contribution in [1.29, 1.82) is 0 Å². The van der Waals surface area contributed by atoms with E-state index in [9.17, 15) is 4.79 Å². The number of ketones is 1. The number of hydrogen-bond acceptors (Lipinski definition) is 3. The number of allylic oxidation sites excluding steroid dienone is 2. The van der Waals surface area contributed by atoms with E-state index in [1.165, 1.54) is 11.4 Å². The Labute approximate surface area is 194 Å². The number of hydrogen-bond donors (Lipinski definition) is 0. The first kappa shape index (κ1) is 23.8. The first-order valence-electron chi connectivity index (χ1n) is 12.2. The maximum atomic E-state index is 12.9. The minimum atomic E-state index is 0.252. The maximum Gasteiger partial charge on any atom is 0.163 e. The Balaban J connectivity index is 1.92. The number of carbonyl (C=O) groups is 1. The number of anilines is 2. The Bertz CT molecular complexity index is 946. The van der Waals surface area contributed by atoms with Crippen LogP contribution in [0.15, 0.2) is 59.7 Å². The van der Waals surface area contributed by atoms with Gasteiger partial charge in [0, 0.05) is 49.5 Å². The summed E-state index contributed by atoms with van der Waals surface area (Å²) in [6.07, 6.45) is 5.84. The number of carbonyl (C=O) groups excluding carboxylic acids is 1. The smallest absolute Gasteiger partial charge is 0.163 e. The molecule has 1 unspecified atom stereocenters. The van der Waals surface area contributed by atoms with Gasteiger partial charge in [-0.15, -0.1) is 0 Å². The molecule has 0 aromatic heterocycles. The van der Waals surface area contributed by atoms with Gasteiger partial charge in [-0.1, -0.05) is 37.3 Å². The van der Waals surface area contributed by atoms with Gasteiger partial charge in [-0.2, -0.15) is 0 Å². The van der Waals surface area contributed by atoms with Crippen LogP contribution in [-0.4, -0.2) is 32.0 Å². The molecule has 1 atom stereocenters. The van der Waals surface area contributed by atoms with Crippen LogP contribution in [0.3, 0.4) is 0 Å². The molecule has 1 aliphatic carbocycles. The van der Waals surface area contributed by atoms with Crippen LogP contribution in [0.4, 0.5) is 11.4 Å². The van der Waals surface area contributed by atoms with E-state index in [2.05, 4.69) is 105 Å². The fourth-order valence-electron chi connectivity index (χ4n) is 4.53. The third-order valence-electron chi connectivity index (χ3n) is 6.62. The van der Waals surface area contributed by atoms with E-state index in [0.717, 1.165) is 54.9 Å². The quantitative estimate of drug-likeness (QED) is 0.428. The van der Waals surface area contributed by atoms with Gasteiger partial charge in [-0.05, 0) is 87.1 Å². The van der Waals surface area contributed by atoms with Crippen molar-refractivity contribution < 1.29 is 4.79 Å².